The van der Waals surface area contributed by atoms with Gasteiger partial charge in [-0.3, -0.25) is 10.1 Å². The number of hydrogen-bond donors (Lipinski definition) is 0. The molecule has 0 fully saturated rings. The molecule has 5 nitrogen and oxygen atoms in total. The fourth-order valence-electron chi connectivity index (χ4n) is 1.19. The van der Waals surface area contributed by atoms with Gasteiger partial charge in [0, 0.05) is 24.1 Å². The van der Waals surface area contributed by atoms with Crippen molar-refractivity contribution in [3.8, 4) is 0 Å². The fraction of sp³-hybridized carbons (Fsp3) is 0.417. The first-order valence-electron chi connectivity index (χ1n) is 5.59. The Kier molecular flexibility index (Phi) is 5.02. The van der Waals surface area contributed by atoms with Gasteiger partial charge in [0.1, 0.15) is 21.9 Å². The quantitative estimate of drug-likeness (QED) is 0.369. The van der Waals surface area contributed by atoms with Crippen molar-refractivity contribution in [3.63, 3.8) is 0 Å². The largest absolute Gasteiger partial charge is 0.591 e. The average molecular weight is 286 g/mol. The third-order valence-electron chi connectivity index (χ3n) is 2.25. The second-order valence-electron chi connectivity index (χ2n) is 4.89. The molecule has 1 aromatic carbocycles. The maximum absolute atomic E-state index is 13.4. The molecule has 1 atom stereocenters. The van der Waals surface area contributed by atoms with Gasteiger partial charge in [0.05, 0.1) is 11.1 Å². The van der Waals surface area contributed by atoms with Gasteiger partial charge in [-0.1, -0.05) is 4.40 Å². The maximum Gasteiger partial charge on any atom is 0.269 e. The van der Waals surface area contributed by atoms with Gasteiger partial charge in [-0.15, -0.1) is 0 Å². The molecule has 0 unspecified atom stereocenters. The lowest BCUT2D eigenvalue weighted by atomic mass is 10.1. The summed E-state index contributed by atoms with van der Waals surface area (Å²) in [6, 6.07) is 3.30. The van der Waals surface area contributed by atoms with Crippen molar-refractivity contribution in [1.82, 2.24) is 0 Å². The number of benzene rings is 1. The molecule has 19 heavy (non-hydrogen) atoms. The summed E-state index contributed by atoms with van der Waals surface area (Å²) in [4.78, 5) is 9.99. The predicted octanol–water partition coefficient (Wildman–Crippen LogP) is 2.81. The molecule has 0 amide bonds. The Morgan fingerprint density at radius 3 is 2.63 bits per heavy atom. The number of nitro benzene ring substituents is 1. The van der Waals surface area contributed by atoms with Crippen LogP contribution in [0.2, 0.25) is 0 Å². The van der Waals surface area contributed by atoms with Crippen molar-refractivity contribution in [1.29, 1.82) is 0 Å². The highest BCUT2D eigenvalue weighted by atomic mass is 32.2. The van der Waals surface area contributed by atoms with E-state index >= 15 is 0 Å². The van der Waals surface area contributed by atoms with Crippen molar-refractivity contribution in [2.24, 2.45) is 4.40 Å². The summed E-state index contributed by atoms with van der Waals surface area (Å²) in [5, 5.41) is 10.6. The van der Waals surface area contributed by atoms with Crippen LogP contribution in [0.3, 0.4) is 0 Å². The van der Waals surface area contributed by atoms with E-state index in [1.54, 1.807) is 20.8 Å². The standard InChI is InChI=1S/C12H15FN2O3S/c1-12(2,3)19(18)14-7-6-9-8-10(15(16)17)4-5-11(9)13/h4-5,7-8H,6H2,1-3H3/t19-/m1/s1. The Balaban J connectivity index is 2.80. The van der Waals surface area contributed by atoms with Gasteiger partial charge in [0.2, 0.25) is 0 Å². The van der Waals surface area contributed by atoms with E-state index in [1.807, 2.05) is 0 Å². The van der Waals surface area contributed by atoms with Crippen molar-refractivity contribution >= 4 is 23.3 Å². The first-order valence-corrected chi connectivity index (χ1v) is 6.70. The molecule has 0 radical (unpaired) electrons. The van der Waals surface area contributed by atoms with Crippen LogP contribution in [0.1, 0.15) is 26.3 Å². The molecule has 0 saturated heterocycles. The Morgan fingerprint density at radius 2 is 2.11 bits per heavy atom. The number of rotatable bonds is 4. The Bertz CT molecular complexity index is 500. The highest BCUT2D eigenvalue weighted by molar-refractivity contribution is 7.91. The molecule has 0 aromatic heterocycles. The zero-order valence-electron chi connectivity index (χ0n) is 10.9. The molecular weight excluding hydrogens is 271 g/mol. The zero-order valence-corrected chi connectivity index (χ0v) is 11.7. The van der Waals surface area contributed by atoms with Gasteiger partial charge >= 0.3 is 0 Å². The number of nitro groups is 1. The molecule has 0 aliphatic rings. The van der Waals surface area contributed by atoms with Crippen molar-refractivity contribution < 1.29 is 13.9 Å². The predicted molar refractivity (Wildman–Crippen MR) is 73.1 cm³/mol. The molecule has 0 spiro atoms. The highest BCUT2D eigenvalue weighted by Crippen LogP contribution is 2.18. The lowest BCUT2D eigenvalue weighted by Gasteiger charge is -2.17. The second-order valence-corrected chi connectivity index (χ2v) is 6.82. The van der Waals surface area contributed by atoms with Crippen LogP contribution in [-0.2, 0) is 17.8 Å². The number of hydrogen-bond acceptors (Lipinski definition) is 4. The van der Waals surface area contributed by atoms with Gasteiger partial charge < -0.3 is 4.55 Å². The van der Waals surface area contributed by atoms with Gasteiger partial charge in [0.15, 0.2) is 0 Å². The minimum absolute atomic E-state index is 0.0648. The summed E-state index contributed by atoms with van der Waals surface area (Å²) in [6.07, 6.45) is 1.39. The summed E-state index contributed by atoms with van der Waals surface area (Å²) in [5.41, 5.74) is -0.0226. The van der Waals surface area contributed by atoms with Crippen LogP contribution >= 0.6 is 0 Å². The Hall–Kier alpha value is -1.47. The van der Waals surface area contributed by atoms with Crippen LogP contribution in [0.5, 0.6) is 0 Å². The zero-order chi connectivity index (χ0) is 14.6. The maximum atomic E-state index is 13.4. The van der Waals surface area contributed by atoms with Gasteiger partial charge in [-0.25, -0.2) is 4.39 Å². The van der Waals surface area contributed by atoms with Gasteiger partial charge in [-0.05, 0) is 26.8 Å². The molecule has 104 valence electrons. The molecule has 0 heterocycles. The Labute approximate surface area is 114 Å². The molecular formula is C12H15FN2O3S. The molecule has 0 aliphatic carbocycles. The van der Waals surface area contributed by atoms with Crippen molar-refractivity contribution in [2.75, 3.05) is 0 Å². The van der Waals surface area contributed by atoms with Crippen LogP contribution in [0, 0.1) is 15.9 Å². The van der Waals surface area contributed by atoms with Crippen molar-refractivity contribution in [2.45, 2.75) is 31.9 Å². The van der Waals surface area contributed by atoms with E-state index in [0.29, 0.717) is 0 Å². The molecule has 0 aliphatic heterocycles. The summed E-state index contributed by atoms with van der Waals surface area (Å²) in [5.74, 6) is -0.543. The van der Waals surface area contributed by atoms with E-state index in [1.165, 1.54) is 6.21 Å². The third kappa shape index (κ3) is 4.60. The monoisotopic (exact) mass is 286 g/mol. The SMILES string of the molecule is CC(C)(C)[S@@+]([O-])N=CCc1cc([N+](=O)[O-])ccc1F. The summed E-state index contributed by atoms with van der Waals surface area (Å²) < 4.78 is 28.4. The minimum Gasteiger partial charge on any atom is -0.591 e. The van der Waals surface area contributed by atoms with Gasteiger partial charge in [-0.2, -0.15) is 0 Å². The van der Waals surface area contributed by atoms with Crippen LogP contribution in [0.25, 0.3) is 0 Å². The second kappa shape index (κ2) is 6.12. The van der Waals surface area contributed by atoms with Crippen LogP contribution in [0.4, 0.5) is 10.1 Å². The molecule has 7 heteroatoms. The van der Waals surface area contributed by atoms with E-state index in [2.05, 4.69) is 4.40 Å². The highest BCUT2D eigenvalue weighted by Gasteiger charge is 2.25. The lowest BCUT2D eigenvalue weighted by molar-refractivity contribution is -0.385. The van der Waals surface area contributed by atoms with E-state index < -0.39 is 26.8 Å². The van der Waals surface area contributed by atoms with Crippen LogP contribution < -0.4 is 0 Å². The molecule has 1 rings (SSSR count). The molecule has 0 saturated carbocycles. The minimum atomic E-state index is -1.42. The fourth-order valence-corrected chi connectivity index (χ4v) is 1.72. The Morgan fingerprint density at radius 1 is 1.47 bits per heavy atom. The normalized spacial score (nSPS) is 13.7. The molecule has 0 bridgehead atoms. The summed E-state index contributed by atoms with van der Waals surface area (Å²) in [7, 11) is 0. The van der Waals surface area contributed by atoms with E-state index in [4.69, 9.17) is 0 Å². The number of halogens is 1. The van der Waals surface area contributed by atoms with E-state index in [-0.39, 0.29) is 17.7 Å². The lowest BCUT2D eigenvalue weighted by Crippen LogP contribution is -2.25. The topological polar surface area (TPSA) is 78.6 Å². The first kappa shape index (κ1) is 15.6. The summed E-state index contributed by atoms with van der Waals surface area (Å²) >= 11 is -1.42. The molecule has 1 aromatic rings. The average Bonchev–Trinajstić information content (AvgIpc) is 2.29. The molecule has 0 N–H and O–H groups in total. The van der Waals surface area contributed by atoms with Crippen LogP contribution in [-0.4, -0.2) is 20.4 Å². The number of nitrogens with zero attached hydrogens (tertiary/aromatic N) is 2. The van der Waals surface area contributed by atoms with E-state index in [0.717, 1.165) is 18.2 Å². The summed E-state index contributed by atoms with van der Waals surface area (Å²) in [6.45, 7) is 5.32. The smallest absolute Gasteiger partial charge is 0.269 e. The van der Waals surface area contributed by atoms with E-state index in [9.17, 15) is 19.1 Å². The van der Waals surface area contributed by atoms with Gasteiger partial charge in [0.25, 0.3) is 5.69 Å². The van der Waals surface area contributed by atoms with Crippen LogP contribution in [0.15, 0.2) is 22.6 Å². The third-order valence-corrected chi connectivity index (χ3v) is 3.63. The van der Waals surface area contributed by atoms with Crippen molar-refractivity contribution in [3.05, 3.63) is 39.7 Å². The first-order chi connectivity index (χ1) is 8.71. The number of non-ortho nitro benzene ring substituents is 1.